The van der Waals surface area contributed by atoms with Crippen LogP contribution in [-0.2, 0) is 11.2 Å². The fraction of sp³-hybridized carbons (Fsp3) is 0.111. The average molecular weight is 324 g/mol. The first kappa shape index (κ1) is 15.2. The van der Waals surface area contributed by atoms with Gasteiger partial charge in [-0.25, -0.2) is 4.98 Å². The smallest absolute Gasteiger partial charge is 0.230 e. The van der Waals surface area contributed by atoms with Crippen molar-refractivity contribution in [3.05, 3.63) is 65.7 Å². The number of carbonyl (C=O) groups is 1. The van der Waals surface area contributed by atoms with E-state index >= 15 is 0 Å². The number of para-hydroxylation sites is 2. The molecule has 0 unspecified atom stereocenters. The Kier molecular flexibility index (Phi) is 4.68. The van der Waals surface area contributed by atoms with Crippen LogP contribution in [-0.4, -0.2) is 18.0 Å². The molecule has 3 rings (SSSR count). The van der Waals surface area contributed by atoms with Gasteiger partial charge in [0.25, 0.3) is 0 Å². The lowest BCUT2D eigenvalue weighted by Crippen LogP contribution is -2.15. The lowest BCUT2D eigenvalue weighted by atomic mass is 10.2. The van der Waals surface area contributed by atoms with Gasteiger partial charge in [0.1, 0.15) is 10.8 Å². The third-order valence-corrected chi connectivity index (χ3v) is 4.24. The summed E-state index contributed by atoms with van der Waals surface area (Å²) in [6.45, 7) is 0. The zero-order valence-electron chi connectivity index (χ0n) is 12.7. The van der Waals surface area contributed by atoms with Gasteiger partial charge < -0.3 is 10.1 Å². The Bertz CT molecular complexity index is 800. The Morgan fingerprint density at radius 3 is 2.65 bits per heavy atom. The quantitative estimate of drug-likeness (QED) is 0.772. The molecule has 0 atom stereocenters. The Labute approximate surface area is 138 Å². The minimum atomic E-state index is -0.112. The number of benzene rings is 2. The van der Waals surface area contributed by atoms with E-state index in [1.165, 1.54) is 0 Å². The first-order valence-corrected chi connectivity index (χ1v) is 8.07. The molecule has 1 aromatic heterocycles. The number of carbonyl (C=O) groups excluding carboxylic acids is 1. The number of hydrogen-bond donors (Lipinski definition) is 1. The predicted molar refractivity (Wildman–Crippen MR) is 92.9 cm³/mol. The molecule has 3 aromatic rings. The predicted octanol–water partition coefficient (Wildman–Crippen LogP) is 4.00. The van der Waals surface area contributed by atoms with Crippen molar-refractivity contribution in [1.82, 2.24) is 4.98 Å². The second kappa shape index (κ2) is 7.07. The molecule has 2 aromatic carbocycles. The first-order valence-electron chi connectivity index (χ1n) is 7.19. The highest BCUT2D eigenvalue weighted by atomic mass is 32.1. The van der Waals surface area contributed by atoms with Crippen LogP contribution in [0.1, 0.15) is 5.69 Å². The topological polar surface area (TPSA) is 51.2 Å². The molecule has 0 saturated heterocycles. The van der Waals surface area contributed by atoms with Gasteiger partial charge in [-0.2, -0.15) is 0 Å². The van der Waals surface area contributed by atoms with Crippen LogP contribution < -0.4 is 10.1 Å². The highest BCUT2D eigenvalue weighted by molar-refractivity contribution is 7.13. The normalized spacial score (nSPS) is 10.3. The molecule has 1 heterocycles. The fourth-order valence-electron chi connectivity index (χ4n) is 2.21. The van der Waals surface area contributed by atoms with Gasteiger partial charge >= 0.3 is 0 Å². The van der Waals surface area contributed by atoms with Gasteiger partial charge in [-0.05, 0) is 12.1 Å². The highest BCUT2D eigenvalue weighted by Gasteiger charge is 2.11. The average Bonchev–Trinajstić information content (AvgIpc) is 3.04. The van der Waals surface area contributed by atoms with E-state index in [1.807, 2.05) is 60.0 Å². The van der Waals surface area contributed by atoms with Crippen molar-refractivity contribution in [2.24, 2.45) is 0 Å². The fourth-order valence-corrected chi connectivity index (χ4v) is 3.03. The molecular formula is C18H16N2O2S. The number of methoxy groups -OCH3 is 1. The largest absolute Gasteiger partial charge is 0.495 e. The van der Waals surface area contributed by atoms with Crippen LogP contribution in [0.2, 0.25) is 0 Å². The van der Waals surface area contributed by atoms with Crippen molar-refractivity contribution in [2.75, 3.05) is 12.4 Å². The maximum atomic E-state index is 12.2. The maximum Gasteiger partial charge on any atom is 0.230 e. The molecule has 23 heavy (non-hydrogen) atoms. The number of rotatable bonds is 5. The molecule has 0 bridgehead atoms. The summed E-state index contributed by atoms with van der Waals surface area (Å²) in [5, 5.41) is 5.70. The standard InChI is InChI=1S/C18H16N2O2S/c1-22-16-10-6-5-9-15(16)20-17(21)11-14-12-23-18(19-14)13-7-3-2-4-8-13/h2-10,12H,11H2,1H3,(H,20,21). The Morgan fingerprint density at radius 1 is 1.13 bits per heavy atom. The third kappa shape index (κ3) is 3.76. The highest BCUT2D eigenvalue weighted by Crippen LogP contribution is 2.25. The minimum absolute atomic E-state index is 0.112. The van der Waals surface area contributed by atoms with Crippen LogP contribution in [0.5, 0.6) is 5.75 Å². The molecular weight excluding hydrogens is 308 g/mol. The van der Waals surface area contributed by atoms with Gasteiger partial charge in [0.15, 0.2) is 0 Å². The second-order valence-electron chi connectivity index (χ2n) is 4.94. The van der Waals surface area contributed by atoms with Crippen molar-refractivity contribution in [3.63, 3.8) is 0 Å². The van der Waals surface area contributed by atoms with Gasteiger partial charge in [-0.1, -0.05) is 42.5 Å². The van der Waals surface area contributed by atoms with E-state index in [-0.39, 0.29) is 12.3 Å². The summed E-state index contributed by atoms with van der Waals surface area (Å²) < 4.78 is 5.23. The van der Waals surface area contributed by atoms with Crippen molar-refractivity contribution >= 4 is 22.9 Å². The molecule has 116 valence electrons. The summed E-state index contributed by atoms with van der Waals surface area (Å²) in [5.41, 5.74) is 2.49. The summed E-state index contributed by atoms with van der Waals surface area (Å²) in [7, 11) is 1.58. The summed E-state index contributed by atoms with van der Waals surface area (Å²) in [5.74, 6) is 0.531. The van der Waals surface area contributed by atoms with E-state index < -0.39 is 0 Å². The molecule has 0 fully saturated rings. The molecule has 0 saturated carbocycles. The van der Waals surface area contributed by atoms with E-state index in [4.69, 9.17) is 4.74 Å². The van der Waals surface area contributed by atoms with Crippen molar-refractivity contribution in [3.8, 4) is 16.3 Å². The maximum absolute atomic E-state index is 12.2. The zero-order valence-corrected chi connectivity index (χ0v) is 13.5. The molecule has 5 heteroatoms. The van der Waals surface area contributed by atoms with Gasteiger partial charge in [0.2, 0.25) is 5.91 Å². The van der Waals surface area contributed by atoms with Gasteiger partial charge in [0.05, 0.1) is 24.9 Å². The van der Waals surface area contributed by atoms with Crippen molar-refractivity contribution in [2.45, 2.75) is 6.42 Å². The van der Waals surface area contributed by atoms with E-state index in [0.717, 1.165) is 16.3 Å². The number of nitrogens with one attached hydrogen (secondary N) is 1. The third-order valence-electron chi connectivity index (χ3n) is 3.30. The molecule has 0 aliphatic carbocycles. The number of nitrogens with zero attached hydrogens (tertiary/aromatic N) is 1. The molecule has 0 aliphatic rings. The summed E-state index contributed by atoms with van der Waals surface area (Å²) >= 11 is 1.54. The van der Waals surface area contributed by atoms with Crippen molar-refractivity contribution < 1.29 is 9.53 Å². The lowest BCUT2D eigenvalue weighted by Gasteiger charge is -2.08. The van der Waals surface area contributed by atoms with Crippen LogP contribution in [0.15, 0.2) is 60.0 Å². The number of hydrogen-bond acceptors (Lipinski definition) is 4. The molecule has 1 amide bonds. The summed E-state index contributed by atoms with van der Waals surface area (Å²) in [6.07, 6.45) is 0.237. The SMILES string of the molecule is COc1ccccc1NC(=O)Cc1csc(-c2ccccc2)n1. The van der Waals surface area contributed by atoms with Crippen LogP contribution in [0, 0.1) is 0 Å². The number of anilines is 1. The van der Waals surface area contributed by atoms with E-state index in [2.05, 4.69) is 10.3 Å². The first-order chi connectivity index (χ1) is 11.3. The summed E-state index contributed by atoms with van der Waals surface area (Å²) in [4.78, 5) is 16.7. The lowest BCUT2D eigenvalue weighted by molar-refractivity contribution is -0.115. The van der Waals surface area contributed by atoms with Crippen LogP contribution >= 0.6 is 11.3 Å². The van der Waals surface area contributed by atoms with E-state index in [9.17, 15) is 4.79 Å². The zero-order chi connectivity index (χ0) is 16.1. The Balaban J connectivity index is 1.68. The second-order valence-corrected chi connectivity index (χ2v) is 5.79. The molecule has 1 N–H and O–H groups in total. The van der Waals surface area contributed by atoms with Crippen LogP contribution in [0.25, 0.3) is 10.6 Å². The van der Waals surface area contributed by atoms with Crippen molar-refractivity contribution in [1.29, 1.82) is 0 Å². The van der Waals surface area contributed by atoms with Crippen LogP contribution in [0.4, 0.5) is 5.69 Å². The molecule has 0 aliphatic heterocycles. The van der Waals surface area contributed by atoms with Crippen LogP contribution in [0.3, 0.4) is 0 Å². The summed E-state index contributed by atoms with van der Waals surface area (Å²) in [6, 6.07) is 17.3. The molecule has 4 nitrogen and oxygen atoms in total. The number of thiazole rings is 1. The van der Waals surface area contributed by atoms with E-state index in [0.29, 0.717) is 11.4 Å². The Hall–Kier alpha value is -2.66. The van der Waals surface area contributed by atoms with Gasteiger partial charge in [-0.15, -0.1) is 11.3 Å². The number of amides is 1. The molecule has 0 spiro atoms. The number of ether oxygens (including phenoxy) is 1. The minimum Gasteiger partial charge on any atom is -0.495 e. The Morgan fingerprint density at radius 2 is 1.87 bits per heavy atom. The molecule has 0 radical (unpaired) electrons. The number of aromatic nitrogens is 1. The van der Waals surface area contributed by atoms with E-state index in [1.54, 1.807) is 18.4 Å². The monoisotopic (exact) mass is 324 g/mol. The van der Waals surface area contributed by atoms with Gasteiger partial charge in [0, 0.05) is 10.9 Å². The van der Waals surface area contributed by atoms with Gasteiger partial charge in [-0.3, -0.25) is 4.79 Å².